The van der Waals surface area contributed by atoms with Gasteiger partial charge < -0.3 is 9.67 Å². The minimum atomic E-state index is -1.10. The van der Waals surface area contributed by atoms with E-state index in [1.54, 1.807) is 0 Å². The molecule has 3 heterocycles. The Morgan fingerprint density at radius 1 is 1.03 bits per heavy atom. The first kappa shape index (κ1) is 20.4. The van der Waals surface area contributed by atoms with Crippen molar-refractivity contribution in [2.75, 3.05) is 0 Å². The highest BCUT2D eigenvalue weighted by Crippen LogP contribution is 2.36. The van der Waals surface area contributed by atoms with Crippen LogP contribution in [0.5, 0.6) is 0 Å². The Morgan fingerprint density at radius 3 is 2.56 bits per heavy atom. The van der Waals surface area contributed by atoms with Crippen LogP contribution >= 0.6 is 0 Å². The zero-order chi connectivity index (χ0) is 22.3. The molecule has 4 aromatic rings. The third kappa shape index (κ3) is 3.67. The smallest absolute Gasteiger partial charge is 0.174 e. The monoisotopic (exact) mass is 425 g/mol. The Hall–Kier alpha value is -3.51. The van der Waals surface area contributed by atoms with Gasteiger partial charge in [-0.15, -0.1) is 0 Å². The zero-order valence-electron chi connectivity index (χ0n) is 18.7. The van der Waals surface area contributed by atoms with E-state index in [2.05, 4.69) is 35.2 Å². The minimum absolute atomic E-state index is 0.611. The summed E-state index contributed by atoms with van der Waals surface area (Å²) in [5.74, 6) is 1.23. The van der Waals surface area contributed by atoms with E-state index in [1.807, 2.05) is 72.0 Å². The highest BCUT2D eigenvalue weighted by molar-refractivity contribution is 5.68. The Balaban J connectivity index is 1.42. The van der Waals surface area contributed by atoms with Crippen molar-refractivity contribution in [3.8, 4) is 5.69 Å². The van der Waals surface area contributed by atoms with Gasteiger partial charge in [0.15, 0.2) is 11.6 Å². The standard InChI is InChI=1S/C26H27N5O/c1-18-5-9-22(10-6-18)26(32)13-4-14-31-25(26)28-24(29-31)12-8-21-7-11-23(19(2)15-21)30-16-20(3)27-17-30/h5-12,15-17,32H,4,13-14H2,1-3H3/b12-8+/t26-/m0/s1. The molecule has 1 aliphatic rings. The van der Waals surface area contributed by atoms with Gasteiger partial charge in [0.05, 0.1) is 12.0 Å². The predicted molar refractivity (Wildman–Crippen MR) is 125 cm³/mol. The fourth-order valence-electron chi connectivity index (χ4n) is 4.39. The van der Waals surface area contributed by atoms with Crippen LogP contribution in [0.3, 0.4) is 0 Å². The molecule has 0 saturated carbocycles. The van der Waals surface area contributed by atoms with Crippen molar-refractivity contribution < 1.29 is 5.11 Å². The Bertz CT molecular complexity index is 1300. The fraction of sp³-hybridized carbons (Fsp3) is 0.269. The summed E-state index contributed by atoms with van der Waals surface area (Å²) >= 11 is 0. The van der Waals surface area contributed by atoms with Crippen molar-refractivity contribution in [2.24, 2.45) is 0 Å². The van der Waals surface area contributed by atoms with Crippen LogP contribution in [-0.4, -0.2) is 29.4 Å². The van der Waals surface area contributed by atoms with Gasteiger partial charge in [-0.1, -0.05) is 42.0 Å². The van der Waals surface area contributed by atoms with Gasteiger partial charge >= 0.3 is 0 Å². The van der Waals surface area contributed by atoms with Gasteiger partial charge in [-0.2, -0.15) is 5.10 Å². The third-order valence-corrected chi connectivity index (χ3v) is 6.13. The number of hydrogen-bond donors (Lipinski definition) is 1. The third-order valence-electron chi connectivity index (χ3n) is 6.13. The van der Waals surface area contributed by atoms with E-state index in [-0.39, 0.29) is 0 Å². The molecule has 0 radical (unpaired) electrons. The maximum absolute atomic E-state index is 11.5. The second-order valence-corrected chi connectivity index (χ2v) is 8.65. The Labute approximate surface area is 187 Å². The average molecular weight is 426 g/mol. The molecule has 32 heavy (non-hydrogen) atoms. The van der Waals surface area contributed by atoms with Gasteiger partial charge in [0.1, 0.15) is 5.60 Å². The number of aromatic nitrogens is 5. The molecule has 0 saturated heterocycles. The van der Waals surface area contributed by atoms with Crippen molar-refractivity contribution in [2.45, 2.75) is 45.8 Å². The summed E-state index contributed by atoms with van der Waals surface area (Å²) in [6.07, 6.45) is 9.29. The first-order chi connectivity index (χ1) is 15.4. The highest BCUT2D eigenvalue weighted by Gasteiger charge is 2.39. The molecule has 1 aliphatic heterocycles. The van der Waals surface area contributed by atoms with Crippen molar-refractivity contribution in [1.29, 1.82) is 0 Å². The van der Waals surface area contributed by atoms with Crippen molar-refractivity contribution in [1.82, 2.24) is 24.3 Å². The van der Waals surface area contributed by atoms with Crippen LogP contribution in [-0.2, 0) is 12.1 Å². The number of imidazole rings is 1. The molecule has 0 amide bonds. The van der Waals surface area contributed by atoms with Crippen LogP contribution in [0.2, 0.25) is 0 Å². The predicted octanol–water partition coefficient (Wildman–Crippen LogP) is 4.59. The summed E-state index contributed by atoms with van der Waals surface area (Å²) in [5, 5.41) is 16.1. The first-order valence-corrected chi connectivity index (χ1v) is 11.0. The lowest BCUT2D eigenvalue weighted by Gasteiger charge is -2.31. The van der Waals surface area contributed by atoms with E-state index in [1.165, 1.54) is 5.56 Å². The lowest BCUT2D eigenvalue weighted by Crippen LogP contribution is -2.35. The van der Waals surface area contributed by atoms with E-state index in [0.717, 1.165) is 41.0 Å². The number of benzene rings is 2. The van der Waals surface area contributed by atoms with Crippen LogP contribution in [0.4, 0.5) is 0 Å². The molecular weight excluding hydrogens is 398 g/mol. The lowest BCUT2D eigenvalue weighted by atomic mass is 9.86. The van der Waals surface area contributed by atoms with E-state index in [9.17, 15) is 5.11 Å². The van der Waals surface area contributed by atoms with Gasteiger partial charge in [-0.05, 0) is 68.5 Å². The number of aliphatic hydroxyl groups is 1. The Kier molecular flexibility index (Phi) is 5.02. The van der Waals surface area contributed by atoms with Crippen LogP contribution in [0, 0.1) is 20.8 Å². The molecule has 1 atom stereocenters. The molecule has 0 unspecified atom stereocenters. The largest absolute Gasteiger partial charge is 0.377 e. The molecule has 2 aromatic heterocycles. The molecule has 0 spiro atoms. The molecular formula is C26H27N5O. The number of nitrogens with zero attached hydrogens (tertiary/aromatic N) is 5. The highest BCUT2D eigenvalue weighted by atomic mass is 16.3. The molecule has 0 aliphatic carbocycles. The molecule has 2 aromatic carbocycles. The van der Waals surface area contributed by atoms with Gasteiger partial charge in [0.25, 0.3) is 0 Å². The average Bonchev–Trinajstić information content (AvgIpc) is 3.40. The second kappa shape index (κ2) is 7.88. The summed E-state index contributed by atoms with van der Waals surface area (Å²) in [5.41, 5.74) is 5.28. The molecule has 1 N–H and O–H groups in total. The van der Waals surface area contributed by atoms with Gasteiger partial charge in [-0.25, -0.2) is 14.6 Å². The molecule has 6 nitrogen and oxygen atoms in total. The molecule has 6 heteroatoms. The number of aryl methyl sites for hydroxylation is 4. The van der Waals surface area contributed by atoms with E-state index in [0.29, 0.717) is 18.1 Å². The molecule has 0 bridgehead atoms. The van der Waals surface area contributed by atoms with Crippen molar-refractivity contribution in [3.05, 3.63) is 94.6 Å². The second-order valence-electron chi connectivity index (χ2n) is 8.65. The fourth-order valence-corrected chi connectivity index (χ4v) is 4.39. The number of rotatable bonds is 4. The SMILES string of the molecule is Cc1ccc([C@@]2(O)CCCn3nc(/C=C/c4ccc(-n5cnc(C)c5)c(C)c4)nc32)cc1. The summed E-state index contributed by atoms with van der Waals surface area (Å²) in [4.78, 5) is 9.02. The van der Waals surface area contributed by atoms with E-state index in [4.69, 9.17) is 4.98 Å². The van der Waals surface area contributed by atoms with Crippen molar-refractivity contribution >= 4 is 12.2 Å². The van der Waals surface area contributed by atoms with Crippen molar-refractivity contribution in [3.63, 3.8) is 0 Å². The molecule has 162 valence electrons. The number of hydrogen-bond acceptors (Lipinski definition) is 4. The Morgan fingerprint density at radius 2 is 1.84 bits per heavy atom. The summed E-state index contributed by atoms with van der Waals surface area (Å²) < 4.78 is 3.88. The van der Waals surface area contributed by atoms with Gasteiger partial charge in [-0.3, -0.25) is 0 Å². The maximum Gasteiger partial charge on any atom is 0.174 e. The van der Waals surface area contributed by atoms with E-state index >= 15 is 0 Å². The zero-order valence-corrected chi connectivity index (χ0v) is 18.7. The van der Waals surface area contributed by atoms with Gasteiger partial charge in [0.2, 0.25) is 0 Å². The summed E-state index contributed by atoms with van der Waals surface area (Å²) in [6, 6.07) is 14.3. The first-order valence-electron chi connectivity index (χ1n) is 11.0. The van der Waals surface area contributed by atoms with Crippen LogP contribution < -0.4 is 0 Å². The molecule has 5 rings (SSSR count). The van der Waals surface area contributed by atoms with Crippen LogP contribution in [0.15, 0.2) is 55.0 Å². The topological polar surface area (TPSA) is 68.8 Å². The normalized spacial score (nSPS) is 18.2. The van der Waals surface area contributed by atoms with Crippen LogP contribution in [0.25, 0.3) is 17.8 Å². The number of fused-ring (bicyclic) bond motifs is 1. The summed E-state index contributed by atoms with van der Waals surface area (Å²) in [6.45, 7) is 6.89. The maximum atomic E-state index is 11.5. The minimum Gasteiger partial charge on any atom is -0.377 e. The van der Waals surface area contributed by atoms with Gasteiger partial charge in [0, 0.05) is 18.4 Å². The lowest BCUT2D eigenvalue weighted by molar-refractivity contribution is 0.0395. The molecule has 0 fully saturated rings. The summed E-state index contributed by atoms with van der Waals surface area (Å²) in [7, 11) is 0. The van der Waals surface area contributed by atoms with Crippen LogP contribution in [0.1, 0.15) is 52.4 Å². The quantitative estimate of drug-likeness (QED) is 0.519. The van der Waals surface area contributed by atoms with E-state index < -0.39 is 5.60 Å².